The predicted molar refractivity (Wildman–Crippen MR) is 37.5 cm³/mol. The van der Waals surface area contributed by atoms with Gasteiger partial charge < -0.3 is 5.11 Å². The van der Waals surface area contributed by atoms with Gasteiger partial charge in [0, 0.05) is 5.56 Å². The molecule has 0 aliphatic carbocycles. The monoisotopic (exact) mass is 214 g/mol. The van der Waals surface area contributed by atoms with Gasteiger partial charge in [0.2, 0.25) is 11.6 Å². The standard InChI is InChI=1S/C7H3ClF4O/c8-1-2-3(9)5(11)7(13)6(12)4(2)10/h13H,1H2. The SMILES string of the molecule is Oc1c(F)c(F)c(CCl)c(F)c1F. The van der Waals surface area contributed by atoms with E-state index < -0.39 is 40.5 Å². The maximum absolute atomic E-state index is 12.7. The summed E-state index contributed by atoms with van der Waals surface area (Å²) in [6.07, 6.45) is 0. The van der Waals surface area contributed by atoms with E-state index in [0.717, 1.165) is 0 Å². The van der Waals surface area contributed by atoms with Crippen molar-refractivity contribution in [1.29, 1.82) is 0 Å². The average molecular weight is 215 g/mol. The molecule has 0 bridgehead atoms. The number of alkyl halides is 1. The Labute approximate surface area is 75.6 Å². The molecule has 0 saturated heterocycles. The molecule has 0 aromatic heterocycles. The maximum atomic E-state index is 12.7. The van der Waals surface area contributed by atoms with Crippen molar-refractivity contribution in [1.82, 2.24) is 0 Å². The lowest BCUT2D eigenvalue weighted by Gasteiger charge is -2.05. The third kappa shape index (κ3) is 1.44. The van der Waals surface area contributed by atoms with Crippen molar-refractivity contribution in [2.24, 2.45) is 0 Å². The molecule has 0 saturated carbocycles. The van der Waals surface area contributed by atoms with Gasteiger partial charge in [-0.3, -0.25) is 0 Å². The molecule has 0 fully saturated rings. The molecule has 0 spiro atoms. The highest BCUT2D eigenvalue weighted by Crippen LogP contribution is 2.29. The lowest BCUT2D eigenvalue weighted by atomic mass is 10.2. The summed E-state index contributed by atoms with van der Waals surface area (Å²) in [5.41, 5.74) is -0.936. The van der Waals surface area contributed by atoms with Crippen LogP contribution in [0.2, 0.25) is 0 Å². The van der Waals surface area contributed by atoms with Gasteiger partial charge in [0.15, 0.2) is 17.4 Å². The van der Waals surface area contributed by atoms with Gasteiger partial charge in [-0.15, -0.1) is 11.6 Å². The van der Waals surface area contributed by atoms with Crippen molar-refractivity contribution in [2.75, 3.05) is 0 Å². The number of hydrogen-bond donors (Lipinski definition) is 1. The van der Waals surface area contributed by atoms with Crippen molar-refractivity contribution in [3.8, 4) is 5.75 Å². The molecule has 1 nitrogen and oxygen atoms in total. The molecule has 1 rings (SSSR count). The van der Waals surface area contributed by atoms with Gasteiger partial charge in [-0.25, -0.2) is 8.78 Å². The van der Waals surface area contributed by atoms with Crippen LogP contribution >= 0.6 is 11.6 Å². The van der Waals surface area contributed by atoms with E-state index >= 15 is 0 Å². The quantitative estimate of drug-likeness (QED) is 0.433. The Bertz CT molecular complexity index is 324. The van der Waals surface area contributed by atoms with Crippen LogP contribution in [0.25, 0.3) is 0 Å². The van der Waals surface area contributed by atoms with E-state index in [1.54, 1.807) is 0 Å². The molecular weight excluding hydrogens is 212 g/mol. The van der Waals surface area contributed by atoms with Gasteiger partial charge in [-0.2, -0.15) is 8.78 Å². The molecule has 6 heteroatoms. The second-order valence-electron chi connectivity index (χ2n) is 2.22. The summed E-state index contributed by atoms with van der Waals surface area (Å²) in [5.74, 6) is -9.42. The van der Waals surface area contributed by atoms with E-state index in [-0.39, 0.29) is 0 Å². The zero-order chi connectivity index (χ0) is 10.2. The Morgan fingerprint density at radius 2 is 1.31 bits per heavy atom. The normalized spacial score (nSPS) is 10.5. The summed E-state index contributed by atoms with van der Waals surface area (Å²) in [4.78, 5) is 0. The van der Waals surface area contributed by atoms with Crippen molar-refractivity contribution >= 4 is 11.6 Å². The molecule has 1 aromatic rings. The summed E-state index contributed by atoms with van der Waals surface area (Å²) in [7, 11) is 0. The molecule has 0 unspecified atom stereocenters. The first kappa shape index (κ1) is 10.1. The smallest absolute Gasteiger partial charge is 0.204 e. The number of benzene rings is 1. The summed E-state index contributed by atoms with van der Waals surface area (Å²) in [6.45, 7) is 0. The van der Waals surface area contributed by atoms with Crippen LogP contribution in [0.1, 0.15) is 5.56 Å². The minimum absolute atomic E-state index is 0.716. The highest BCUT2D eigenvalue weighted by atomic mass is 35.5. The van der Waals surface area contributed by atoms with E-state index in [2.05, 4.69) is 0 Å². The number of halogens is 5. The molecule has 0 amide bonds. The lowest BCUT2D eigenvalue weighted by molar-refractivity contribution is 0.352. The minimum atomic E-state index is -1.84. The van der Waals surface area contributed by atoms with E-state index in [1.807, 2.05) is 0 Å². The molecule has 0 aliphatic heterocycles. The van der Waals surface area contributed by atoms with Crippen LogP contribution in [-0.2, 0) is 5.88 Å². The fourth-order valence-corrected chi connectivity index (χ4v) is 1.02. The predicted octanol–water partition coefficient (Wildman–Crippen LogP) is 2.69. The lowest BCUT2D eigenvalue weighted by Crippen LogP contribution is -2.01. The largest absolute Gasteiger partial charge is 0.503 e. The van der Waals surface area contributed by atoms with E-state index in [0.29, 0.717) is 0 Å². The first-order valence-corrected chi connectivity index (χ1v) is 3.63. The van der Waals surface area contributed by atoms with Crippen LogP contribution in [0.4, 0.5) is 17.6 Å². The third-order valence-corrected chi connectivity index (χ3v) is 1.73. The minimum Gasteiger partial charge on any atom is -0.503 e. The van der Waals surface area contributed by atoms with Gasteiger partial charge >= 0.3 is 0 Å². The van der Waals surface area contributed by atoms with E-state index in [9.17, 15) is 17.6 Å². The Morgan fingerprint density at radius 1 is 0.923 bits per heavy atom. The molecule has 1 aromatic carbocycles. The molecule has 0 atom stereocenters. The summed E-state index contributed by atoms with van der Waals surface area (Å²) < 4.78 is 50.4. The van der Waals surface area contributed by atoms with Crippen LogP contribution in [0.3, 0.4) is 0 Å². The van der Waals surface area contributed by atoms with Gasteiger partial charge in [0.1, 0.15) is 0 Å². The fraction of sp³-hybridized carbons (Fsp3) is 0.143. The number of aromatic hydroxyl groups is 1. The van der Waals surface area contributed by atoms with Crippen LogP contribution in [-0.4, -0.2) is 5.11 Å². The topological polar surface area (TPSA) is 20.2 Å². The van der Waals surface area contributed by atoms with Gasteiger partial charge in [0.05, 0.1) is 5.88 Å². The van der Waals surface area contributed by atoms with E-state index in [1.165, 1.54) is 0 Å². The molecule has 0 radical (unpaired) electrons. The van der Waals surface area contributed by atoms with Crippen LogP contribution < -0.4 is 0 Å². The summed E-state index contributed by atoms with van der Waals surface area (Å²) >= 11 is 5.04. The number of hydrogen-bond acceptors (Lipinski definition) is 1. The Morgan fingerprint density at radius 3 is 1.62 bits per heavy atom. The molecular formula is C7H3ClF4O. The first-order valence-electron chi connectivity index (χ1n) is 3.10. The van der Waals surface area contributed by atoms with Crippen molar-refractivity contribution in [2.45, 2.75) is 5.88 Å². The summed E-state index contributed by atoms with van der Waals surface area (Å²) in [6, 6.07) is 0. The Kier molecular flexibility index (Phi) is 2.66. The first-order chi connectivity index (χ1) is 6.00. The van der Waals surface area contributed by atoms with Crippen molar-refractivity contribution in [3.05, 3.63) is 28.8 Å². The van der Waals surface area contributed by atoms with Crippen molar-refractivity contribution < 1.29 is 22.7 Å². The van der Waals surface area contributed by atoms with Crippen LogP contribution in [0.15, 0.2) is 0 Å². The zero-order valence-corrected chi connectivity index (χ0v) is 6.80. The van der Waals surface area contributed by atoms with Gasteiger partial charge in [0.25, 0.3) is 0 Å². The molecule has 0 heterocycles. The highest BCUT2D eigenvalue weighted by molar-refractivity contribution is 6.17. The molecule has 1 N–H and O–H groups in total. The average Bonchev–Trinajstić information content (AvgIpc) is 2.13. The van der Waals surface area contributed by atoms with Crippen LogP contribution in [0, 0.1) is 23.3 Å². The van der Waals surface area contributed by atoms with E-state index in [4.69, 9.17) is 16.7 Å². The fourth-order valence-electron chi connectivity index (χ4n) is 0.783. The zero-order valence-electron chi connectivity index (χ0n) is 6.04. The van der Waals surface area contributed by atoms with Crippen LogP contribution in [0.5, 0.6) is 5.75 Å². The maximum Gasteiger partial charge on any atom is 0.204 e. The summed E-state index contributed by atoms with van der Waals surface area (Å²) in [5, 5.41) is 8.51. The molecule has 13 heavy (non-hydrogen) atoms. The van der Waals surface area contributed by atoms with Gasteiger partial charge in [-0.1, -0.05) is 0 Å². The highest BCUT2D eigenvalue weighted by Gasteiger charge is 2.24. The third-order valence-electron chi connectivity index (χ3n) is 1.46. The second kappa shape index (κ2) is 3.41. The Balaban J connectivity index is 3.56. The number of rotatable bonds is 1. The molecule has 0 aliphatic rings. The number of phenolic OH excluding ortho intramolecular Hbond substituents is 1. The number of phenols is 1. The molecule has 72 valence electrons. The second-order valence-corrected chi connectivity index (χ2v) is 2.48. The van der Waals surface area contributed by atoms with Crippen molar-refractivity contribution in [3.63, 3.8) is 0 Å². The van der Waals surface area contributed by atoms with Gasteiger partial charge in [-0.05, 0) is 0 Å². The Hall–Kier alpha value is -0.970.